The van der Waals surface area contributed by atoms with Gasteiger partial charge in [0.1, 0.15) is 0 Å². The van der Waals surface area contributed by atoms with Crippen LogP contribution in [0.5, 0.6) is 0 Å². The quantitative estimate of drug-likeness (QED) is 0.776. The summed E-state index contributed by atoms with van der Waals surface area (Å²) in [4.78, 5) is 42.7. The molecule has 0 radical (unpaired) electrons. The fraction of sp³-hybridized carbons (Fsp3) is 0.348. The summed E-state index contributed by atoms with van der Waals surface area (Å²) in [5, 5.41) is 5.41. The van der Waals surface area contributed by atoms with Crippen LogP contribution in [-0.4, -0.2) is 62.0 Å². The third kappa shape index (κ3) is 4.96. The van der Waals surface area contributed by atoms with Gasteiger partial charge in [0, 0.05) is 44.8 Å². The molecule has 2 fully saturated rings. The van der Waals surface area contributed by atoms with E-state index in [0.29, 0.717) is 37.4 Å². The van der Waals surface area contributed by atoms with Crippen LogP contribution in [-0.2, 0) is 9.59 Å². The highest BCUT2D eigenvalue weighted by atomic mass is 16.2. The van der Waals surface area contributed by atoms with Gasteiger partial charge in [-0.25, -0.2) is 4.79 Å². The molecule has 2 saturated heterocycles. The van der Waals surface area contributed by atoms with Crippen LogP contribution < -0.4 is 20.4 Å². The minimum absolute atomic E-state index is 0.0551. The summed E-state index contributed by atoms with van der Waals surface area (Å²) in [6, 6.07) is 16.9. The molecule has 162 valence electrons. The molecule has 8 heteroatoms. The Morgan fingerprint density at radius 2 is 1.58 bits per heavy atom. The van der Waals surface area contributed by atoms with Gasteiger partial charge >= 0.3 is 6.03 Å². The number of piperazine rings is 1. The van der Waals surface area contributed by atoms with Crippen molar-refractivity contribution in [1.29, 1.82) is 0 Å². The Balaban J connectivity index is 1.26. The SMILES string of the molecule is O=C(NCC(=O)N1CCN(c2ccccc2)CC1)Nc1ccccc1N1CCCC1=O. The second-order valence-electron chi connectivity index (χ2n) is 7.68. The molecule has 0 aliphatic carbocycles. The van der Waals surface area contributed by atoms with E-state index in [4.69, 9.17) is 0 Å². The third-order valence-corrected chi connectivity index (χ3v) is 5.67. The molecule has 0 atom stereocenters. The Bertz CT molecular complexity index is 941. The molecule has 0 bridgehead atoms. The summed E-state index contributed by atoms with van der Waals surface area (Å²) in [5.74, 6) is -0.0506. The zero-order valence-corrected chi connectivity index (χ0v) is 17.4. The molecule has 8 nitrogen and oxygen atoms in total. The van der Waals surface area contributed by atoms with E-state index < -0.39 is 6.03 Å². The first-order valence-corrected chi connectivity index (χ1v) is 10.6. The fourth-order valence-corrected chi connectivity index (χ4v) is 4.00. The lowest BCUT2D eigenvalue weighted by molar-refractivity contribution is -0.130. The van der Waals surface area contributed by atoms with E-state index in [1.165, 1.54) is 0 Å². The average Bonchev–Trinajstić information content (AvgIpc) is 3.24. The van der Waals surface area contributed by atoms with E-state index in [2.05, 4.69) is 27.7 Å². The van der Waals surface area contributed by atoms with E-state index in [1.807, 2.05) is 30.3 Å². The molecule has 4 rings (SSSR count). The summed E-state index contributed by atoms with van der Waals surface area (Å²) >= 11 is 0. The lowest BCUT2D eigenvalue weighted by atomic mass is 10.2. The van der Waals surface area contributed by atoms with E-state index >= 15 is 0 Å². The van der Waals surface area contributed by atoms with Crippen molar-refractivity contribution in [3.63, 3.8) is 0 Å². The summed E-state index contributed by atoms with van der Waals surface area (Å²) in [6.45, 7) is 3.35. The summed E-state index contributed by atoms with van der Waals surface area (Å²) in [6.07, 6.45) is 1.33. The van der Waals surface area contributed by atoms with Crippen molar-refractivity contribution in [2.24, 2.45) is 0 Å². The van der Waals surface area contributed by atoms with E-state index in [1.54, 1.807) is 21.9 Å². The Labute approximate surface area is 181 Å². The smallest absolute Gasteiger partial charge is 0.319 e. The molecule has 2 aliphatic rings. The second kappa shape index (κ2) is 9.51. The van der Waals surface area contributed by atoms with Crippen molar-refractivity contribution in [3.05, 3.63) is 54.6 Å². The summed E-state index contributed by atoms with van der Waals surface area (Å²) in [5.41, 5.74) is 2.39. The highest BCUT2D eigenvalue weighted by molar-refractivity contribution is 6.02. The second-order valence-corrected chi connectivity index (χ2v) is 7.68. The Morgan fingerprint density at radius 1 is 0.871 bits per heavy atom. The van der Waals surface area contributed by atoms with Crippen LogP contribution in [0.25, 0.3) is 0 Å². The number of hydrogen-bond acceptors (Lipinski definition) is 4. The third-order valence-electron chi connectivity index (χ3n) is 5.67. The first-order chi connectivity index (χ1) is 15.1. The van der Waals surface area contributed by atoms with Gasteiger partial charge in [0.15, 0.2) is 0 Å². The number of benzene rings is 2. The maximum absolute atomic E-state index is 12.5. The molecule has 2 aliphatic heterocycles. The molecule has 0 unspecified atom stereocenters. The standard InChI is InChI=1S/C23H27N5O3/c29-21-11-6-12-28(21)20-10-5-4-9-19(20)25-23(31)24-17-22(30)27-15-13-26(14-16-27)18-7-2-1-3-8-18/h1-5,7-10H,6,11-17H2,(H2,24,25,31). The minimum Gasteiger partial charge on any atom is -0.368 e. The van der Waals surface area contributed by atoms with Gasteiger partial charge in [-0.15, -0.1) is 0 Å². The van der Waals surface area contributed by atoms with Crippen LogP contribution in [0.3, 0.4) is 0 Å². The van der Waals surface area contributed by atoms with Crippen LogP contribution in [0, 0.1) is 0 Å². The van der Waals surface area contributed by atoms with E-state index in [-0.39, 0.29) is 18.4 Å². The lowest BCUT2D eigenvalue weighted by Gasteiger charge is -2.36. The maximum atomic E-state index is 12.5. The number of amides is 4. The van der Waals surface area contributed by atoms with Gasteiger partial charge in [-0.1, -0.05) is 30.3 Å². The molecule has 2 aromatic rings. The number of para-hydroxylation sites is 3. The fourth-order valence-electron chi connectivity index (χ4n) is 4.00. The van der Waals surface area contributed by atoms with Gasteiger partial charge in [-0.3, -0.25) is 9.59 Å². The number of hydrogen-bond donors (Lipinski definition) is 2. The molecule has 0 spiro atoms. The Morgan fingerprint density at radius 3 is 2.29 bits per heavy atom. The molecular formula is C23H27N5O3. The highest BCUT2D eigenvalue weighted by Gasteiger charge is 2.25. The monoisotopic (exact) mass is 421 g/mol. The maximum Gasteiger partial charge on any atom is 0.319 e. The van der Waals surface area contributed by atoms with Crippen LogP contribution >= 0.6 is 0 Å². The molecule has 2 heterocycles. The van der Waals surface area contributed by atoms with Gasteiger partial charge in [0.2, 0.25) is 11.8 Å². The van der Waals surface area contributed by atoms with E-state index in [9.17, 15) is 14.4 Å². The van der Waals surface area contributed by atoms with Gasteiger partial charge < -0.3 is 25.3 Å². The summed E-state index contributed by atoms with van der Waals surface area (Å²) in [7, 11) is 0. The van der Waals surface area contributed by atoms with Crippen molar-refractivity contribution in [1.82, 2.24) is 10.2 Å². The van der Waals surface area contributed by atoms with Crippen molar-refractivity contribution in [3.8, 4) is 0 Å². The number of urea groups is 1. The molecule has 31 heavy (non-hydrogen) atoms. The normalized spacial score (nSPS) is 16.4. The van der Waals surface area contributed by atoms with Gasteiger partial charge in [0.05, 0.1) is 17.9 Å². The first-order valence-electron chi connectivity index (χ1n) is 10.6. The average molecular weight is 422 g/mol. The number of nitrogens with one attached hydrogen (secondary N) is 2. The van der Waals surface area contributed by atoms with Crippen molar-refractivity contribution in [2.75, 3.05) is 54.4 Å². The molecule has 2 aromatic carbocycles. The van der Waals surface area contributed by atoms with Crippen molar-refractivity contribution < 1.29 is 14.4 Å². The predicted molar refractivity (Wildman–Crippen MR) is 120 cm³/mol. The molecule has 2 N–H and O–H groups in total. The number of carbonyl (C=O) groups is 3. The molecular weight excluding hydrogens is 394 g/mol. The van der Waals surface area contributed by atoms with E-state index in [0.717, 1.165) is 25.2 Å². The lowest BCUT2D eigenvalue weighted by Crippen LogP contribution is -2.51. The topological polar surface area (TPSA) is 85.0 Å². The van der Waals surface area contributed by atoms with Crippen LogP contribution in [0.1, 0.15) is 12.8 Å². The molecule has 0 aromatic heterocycles. The van der Waals surface area contributed by atoms with Gasteiger partial charge in [0.25, 0.3) is 0 Å². The number of nitrogens with zero attached hydrogens (tertiary/aromatic N) is 3. The number of anilines is 3. The van der Waals surface area contributed by atoms with Crippen LogP contribution in [0.4, 0.5) is 21.9 Å². The Kier molecular flexibility index (Phi) is 6.35. The van der Waals surface area contributed by atoms with Crippen molar-refractivity contribution >= 4 is 34.9 Å². The number of carbonyl (C=O) groups excluding carboxylic acids is 3. The first kappa shape index (κ1) is 20.7. The predicted octanol–water partition coefficient (Wildman–Crippen LogP) is 2.28. The zero-order valence-electron chi connectivity index (χ0n) is 17.4. The van der Waals surface area contributed by atoms with Gasteiger partial charge in [-0.2, -0.15) is 0 Å². The molecule has 4 amide bonds. The summed E-state index contributed by atoms with van der Waals surface area (Å²) < 4.78 is 0. The van der Waals surface area contributed by atoms with Crippen molar-refractivity contribution in [2.45, 2.75) is 12.8 Å². The zero-order chi connectivity index (χ0) is 21.6. The molecule has 0 saturated carbocycles. The number of rotatable bonds is 5. The van der Waals surface area contributed by atoms with Gasteiger partial charge in [-0.05, 0) is 30.7 Å². The highest BCUT2D eigenvalue weighted by Crippen LogP contribution is 2.29. The largest absolute Gasteiger partial charge is 0.368 e. The minimum atomic E-state index is -0.463. The van der Waals surface area contributed by atoms with Crippen LogP contribution in [0.15, 0.2) is 54.6 Å². The van der Waals surface area contributed by atoms with Crippen LogP contribution in [0.2, 0.25) is 0 Å². The Hall–Kier alpha value is -3.55.